The van der Waals surface area contributed by atoms with Crippen LogP contribution in [0.2, 0.25) is 0 Å². The second-order valence-electron chi connectivity index (χ2n) is 7.68. The minimum atomic E-state index is -0.176. The first kappa shape index (κ1) is 18.1. The van der Waals surface area contributed by atoms with Gasteiger partial charge < -0.3 is 19.9 Å². The van der Waals surface area contributed by atoms with Gasteiger partial charge in [-0.3, -0.25) is 4.79 Å². The summed E-state index contributed by atoms with van der Waals surface area (Å²) in [4.78, 5) is 31.5. The van der Waals surface area contributed by atoms with Crippen LogP contribution in [0.4, 0.5) is 5.95 Å². The molecule has 0 saturated carbocycles. The number of carbonyl (C=O) groups excluding carboxylic acids is 1. The number of carbonyl (C=O) groups is 1. The third-order valence-corrected chi connectivity index (χ3v) is 5.71. The number of nitrogens with zero attached hydrogens (tertiary/aromatic N) is 4. The Labute approximate surface area is 168 Å². The van der Waals surface area contributed by atoms with E-state index in [0.717, 1.165) is 61.7 Å². The number of hydrogen-bond acceptors (Lipinski definition) is 6. The monoisotopic (exact) mass is 392 g/mol. The van der Waals surface area contributed by atoms with Crippen LogP contribution in [0, 0.1) is 0 Å². The lowest BCUT2D eigenvalue weighted by Crippen LogP contribution is -2.37. The fourth-order valence-corrected chi connectivity index (χ4v) is 4.11. The van der Waals surface area contributed by atoms with E-state index in [1.165, 1.54) is 0 Å². The van der Waals surface area contributed by atoms with Crippen LogP contribution in [-0.2, 0) is 4.74 Å². The maximum atomic E-state index is 12.6. The van der Waals surface area contributed by atoms with Crippen LogP contribution in [-0.4, -0.2) is 58.2 Å². The second kappa shape index (κ2) is 7.79. The summed E-state index contributed by atoms with van der Waals surface area (Å²) in [5.41, 5.74) is 2.75. The fraction of sp³-hybridized carbons (Fsp3) is 0.429. The van der Waals surface area contributed by atoms with Gasteiger partial charge in [-0.1, -0.05) is 12.1 Å². The number of amides is 1. The number of benzene rings is 1. The average molecular weight is 392 g/mol. The summed E-state index contributed by atoms with van der Waals surface area (Å²) >= 11 is 0. The third-order valence-electron chi connectivity index (χ3n) is 5.71. The molecule has 8 heteroatoms. The topological polar surface area (TPSA) is 96.0 Å². The number of anilines is 1. The number of ether oxygens (including phenoxy) is 1. The number of aromatic amines is 1. The maximum Gasteiger partial charge on any atom is 0.287 e. The zero-order valence-electron chi connectivity index (χ0n) is 16.2. The molecule has 2 fully saturated rings. The lowest BCUT2D eigenvalue weighted by molar-refractivity contribution is 0.0845. The quantitative estimate of drug-likeness (QED) is 0.707. The van der Waals surface area contributed by atoms with Crippen molar-refractivity contribution in [3.8, 4) is 0 Å². The Morgan fingerprint density at radius 2 is 2.00 bits per heavy atom. The van der Waals surface area contributed by atoms with Crippen LogP contribution in [0.1, 0.15) is 41.5 Å². The normalized spacial score (nSPS) is 20.3. The smallest absolute Gasteiger partial charge is 0.287 e. The molecule has 0 aliphatic carbocycles. The molecule has 8 nitrogen and oxygen atoms in total. The first-order valence-electron chi connectivity index (χ1n) is 10.2. The van der Waals surface area contributed by atoms with Crippen molar-refractivity contribution >= 4 is 22.9 Å². The van der Waals surface area contributed by atoms with Gasteiger partial charge in [0.25, 0.3) is 5.91 Å². The fourth-order valence-electron chi connectivity index (χ4n) is 4.11. The van der Waals surface area contributed by atoms with Gasteiger partial charge in [0.15, 0.2) is 5.82 Å². The van der Waals surface area contributed by atoms with Gasteiger partial charge in [0.1, 0.15) is 0 Å². The third kappa shape index (κ3) is 3.80. The Hall–Kier alpha value is -3.00. The summed E-state index contributed by atoms with van der Waals surface area (Å²) in [5.74, 6) is 1.36. The molecule has 150 valence electrons. The number of hydrogen-bond donors (Lipinski definition) is 2. The molecule has 29 heavy (non-hydrogen) atoms. The Balaban J connectivity index is 1.23. The van der Waals surface area contributed by atoms with Gasteiger partial charge in [-0.15, -0.1) is 0 Å². The van der Waals surface area contributed by atoms with Crippen molar-refractivity contribution in [2.24, 2.45) is 0 Å². The first-order chi connectivity index (χ1) is 14.3. The molecule has 2 aliphatic rings. The van der Waals surface area contributed by atoms with Crippen molar-refractivity contribution < 1.29 is 9.53 Å². The predicted molar refractivity (Wildman–Crippen MR) is 109 cm³/mol. The molecule has 1 atom stereocenters. The number of para-hydroxylation sites is 2. The van der Waals surface area contributed by atoms with Gasteiger partial charge in [-0.05, 0) is 37.5 Å². The molecule has 2 aliphatic heterocycles. The molecule has 5 rings (SSSR count). The summed E-state index contributed by atoms with van der Waals surface area (Å²) in [6.45, 7) is 3.11. The summed E-state index contributed by atoms with van der Waals surface area (Å²) in [5, 5.41) is 3.09. The maximum absolute atomic E-state index is 12.6. The van der Waals surface area contributed by atoms with Gasteiger partial charge in [0.05, 0.1) is 11.0 Å². The molecular weight excluding hydrogens is 368 g/mol. The summed E-state index contributed by atoms with van der Waals surface area (Å²) in [6, 6.07) is 9.70. The van der Waals surface area contributed by atoms with Gasteiger partial charge in [0, 0.05) is 50.2 Å². The standard InChI is InChI=1S/C21H24N6O2/c28-20(19-24-17-3-1-2-4-18(17)25-19)23-15-6-10-27(13-15)21-22-9-5-16(26-21)14-7-11-29-12-8-14/h1-5,9,14-15H,6-8,10-13H2,(H,23,28)(H,24,25). The molecule has 0 radical (unpaired) electrons. The SMILES string of the molecule is O=C(NC1CCN(c2nccc(C3CCOCC3)n2)C1)c1nc2ccccc2[nH]1. The van der Waals surface area contributed by atoms with Gasteiger partial charge in [-0.25, -0.2) is 15.0 Å². The number of H-pyrrole nitrogens is 1. The van der Waals surface area contributed by atoms with E-state index in [0.29, 0.717) is 18.3 Å². The first-order valence-corrected chi connectivity index (χ1v) is 10.2. The zero-order chi connectivity index (χ0) is 19.6. The molecule has 0 bridgehead atoms. The van der Waals surface area contributed by atoms with E-state index in [-0.39, 0.29) is 11.9 Å². The van der Waals surface area contributed by atoms with E-state index < -0.39 is 0 Å². The highest BCUT2D eigenvalue weighted by Gasteiger charge is 2.27. The molecule has 0 spiro atoms. The molecule has 3 aromatic rings. The number of rotatable bonds is 4. The molecule has 2 N–H and O–H groups in total. The minimum absolute atomic E-state index is 0.0473. The highest BCUT2D eigenvalue weighted by Crippen LogP contribution is 2.27. The van der Waals surface area contributed by atoms with E-state index in [9.17, 15) is 4.79 Å². The lowest BCUT2D eigenvalue weighted by Gasteiger charge is -2.23. The van der Waals surface area contributed by atoms with E-state index in [1.807, 2.05) is 36.5 Å². The van der Waals surface area contributed by atoms with Crippen molar-refractivity contribution in [1.82, 2.24) is 25.3 Å². The largest absolute Gasteiger partial charge is 0.381 e. The molecule has 2 saturated heterocycles. The van der Waals surface area contributed by atoms with Gasteiger partial charge >= 0.3 is 0 Å². The highest BCUT2D eigenvalue weighted by atomic mass is 16.5. The minimum Gasteiger partial charge on any atom is -0.381 e. The van der Waals surface area contributed by atoms with Crippen LogP contribution in [0.3, 0.4) is 0 Å². The summed E-state index contributed by atoms with van der Waals surface area (Å²) in [7, 11) is 0. The van der Waals surface area contributed by atoms with Crippen LogP contribution >= 0.6 is 0 Å². The molecule has 1 unspecified atom stereocenters. The average Bonchev–Trinajstić information content (AvgIpc) is 3.41. The lowest BCUT2D eigenvalue weighted by atomic mass is 9.96. The molecule has 2 aromatic heterocycles. The van der Waals surface area contributed by atoms with Crippen molar-refractivity contribution in [3.05, 3.63) is 48.0 Å². The second-order valence-corrected chi connectivity index (χ2v) is 7.68. The Morgan fingerprint density at radius 1 is 1.14 bits per heavy atom. The summed E-state index contributed by atoms with van der Waals surface area (Å²) in [6.07, 6.45) is 4.71. The highest BCUT2D eigenvalue weighted by molar-refractivity contribution is 5.94. The van der Waals surface area contributed by atoms with Gasteiger partial charge in [0.2, 0.25) is 5.95 Å². The van der Waals surface area contributed by atoms with Crippen molar-refractivity contribution in [2.75, 3.05) is 31.2 Å². The van der Waals surface area contributed by atoms with Crippen LogP contribution in [0.25, 0.3) is 11.0 Å². The zero-order valence-corrected chi connectivity index (χ0v) is 16.2. The van der Waals surface area contributed by atoms with Crippen LogP contribution < -0.4 is 10.2 Å². The Kier molecular flexibility index (Phi) is 4.85. The molecule has 4 heterocycles. The van der Waals surface area contributed by atoms with Crippen molar-refractivity contribution in [1.29, 1.82) is 0 Å². The van der Waals surface area contributed by atoms with E-state index in [1.54, 1.807) is 0 Å². The van der Waals surface area contributed by atoms with Crippen molar-refractivity contribution in [2.45, 2.75) is 31.2 Å². The summed E-state index contributed by atoms with van der Waals surface area (Å²) < 4.78 is 5.46. The number of aromatic nitrogens is 4. The predicted octanol–water partition coefficient (Wildman–Crippen LogP) is 2.26. The molecular formula is C21H24N6O2. The van der Waals surface area contributed by atoms with Crippen LogP contribution in [0.5, 0.6) is 0 Å². The van der Waals surface area contributed by atoms with E-state index >= 15 is 0 Å². The number of fused-ring (bicyclic) bond motifs is 1. The van der Waals surface area contributed by atoms with Gasteiger partial charge in [-0.2, -0.15) is 0 Å². The number of nitrogens with one attached hydrogen (secondary N) is 2. The molecule has 1 aromatic carbocycles. The van der Waals surface area contributed by atoms with Crippen LogP contribution in [0.15, 0.2) is 36.5 Å². The van der Waals surface area contributed by atoms with Crippen molar-refractivity contribution in [3.63, 3.8) is 0 Å². The van der Waals surface area contributed by atoms with E-state index in [2.05, 4.69) is 25.2 Å². The molecule has 1 amide bonds. The Bertz CT molecular complexity index is 980. The van der Waals surface area contributed by atoms with E-state index in [4.69, 9.17) is 9.72 Å². The Morgan fingerprint density at radius 3 is 2.86 bits per heavy atom. The number of imidazole rings is 1.